The van der Waals surface area contributed by atoms with E-state index in [0.717, 1.165) is 0 Å². The molecule has 3 rings (SSSR count). The van der Waals surface area contributed by atoms with Crippen molar-refractivity contribution in [3.8, 4) is 5.75 Å². The summed E-state index contributed by atoms with van der Waals surface area (Å²) in [4.78, 5) is 8.22. The summed E-state index contributed by atoms with van der Waals surface area (Å²) >= 11 is 0. The third-order valence-corrected chi connectivity index (χ3v) is 2.74. The first-order valence-corrected chi connectivity index (χ1v) is 5.43. The monoisotopic (exact) mass is 263 g/mol. The molecular weight excluding hydrogens is 253 g/mol. The number of hydrogen-bond acceptors (Lipinski definition) is 6. The molecule has 7 nitrogen and oxygen atoms in total. The molecule has 2 aromatic heterocycles. The molecule has 0 aliphatic rings. The molecule has 0 fully saturated rings. The summed E-state index contributed by atoms with van der Waals surface area (Å²) in [5.74, 6) is 0.0490. The van der Waals surface area contributed by atoms with Gasteiger partial charge < -0.3 is 15.6 Å². The number of anilines is 1. The molecule has 0 radical (unpaired) electrons. The van der Waals surface area contributed by atoms with Crippen LogP contribution in [0.3, 0.4) is 0 Å². The molecule has 0 aliphatic heterocycles. The van der Waals surface area contributed by atoms with E-state index < -0.39 is 5.82 Å². The lowest BCUT2D eigenvalue weighted by Crippen LogP contribution is -2.04. The van der Waals surface area contributed by atoms with E-state index in [-0.39, 0.29) is 24.1 Å². The maximum atomic E-state index is 13.6. The van der Waals surface area contributed by atoms with Gasteiger partial charge in [-0.25, -0.2) is 14.4 Å². The Bertz CT molecular complexity index is 786. The Balaban J connectivity index is 2.51. The van der Waals surface area contributed by atoms with Crippen LogP contribution in [0.25, 0.3) is 16.6 Å². The second-order valence-corrected chi connectivity index (χ2v) is 3.90. The van der Waals surface area contributed by atoms with E-state index in [1.54, 1.807) is 0 Å². The summed E-state index contributed by atoms with van der Waals surface area (Å²) in [6, 6.07) is 2.49. The van der Waals surface area contributed by atoms with Gasteiger partial charge in [0, 0.05) is 6.07 Å². The third-order valence-electron chi connectivity index (χ3n) is 2.74. The van der Waals surface area contributed by atoms with Gasteiger partial charge in [0.05, 0.1) is 12.5 Å². The van der Waals surface area contributed by atoms with Crippen molar-refractivity contribution < 1.29 is 14.2 Å². The van der Waals surface area contributed by atoms with Crippen molar-refractivity contribution in [2.24, 2.45) is 0 Å². The molecule has 0 atom stereocenters. The van der Waals surface area contributed by atoms with Crippen LogP contribution >= 0.6 is 0 Å². The van der Waals surface area contributed by atoms with Gasteiger partial charge in [0.25, 0.3) is 0 Å². The van der Waals surface area contributed by atoms with Gasteiger partial charge in [0.15, 0.2) is 11.5 Å². The molecule has 3 N–H and O–H groups in total. The highest BCUT2D eigenvalue weighted by Gasteiger charge is 2.15. The number of halogens is 1. The zero-order valence-corrected chi connectivity index (χ0v) is 9.96. The maximum absolute atomic E-state index is 13.6. The van der Waals surface area contributed by atoms with Crippen LogP contribution < -0.4 is 10.5 Å². The predicted octanol–water partition coefficient (Wildman–Crippen LogP) is 0.500. The van der Waals surface area contributed by atoms with Crippen molar-refractivity contribution in [2.45, 2.75) is 6.61 Å². The Morgan fingerprint density at radius 1 is 1.42 bits per heavy atom. The van der Waals surface area contributed by atoms with Gasteiger partial charge >= 0.3 is 0 Å². The number of aliphatic hydroxyl groups excluding tert-OH is 1. The number of aliphatic hydroxyl groups is 1. The number of ether oxygens (including phenoxy) is 1. The van der Waals surface area contributed by atoms with E-state index in [0.29, 0.717) is 16.6 Å². The summed E-state index contributed by atoms with van der Waals surface area (Å²) < 4.78 is 19.9. The zero-order valence-electron chi connectivity index (χ0n) is 9.96. The zero-order chi connectivity index (χ0) is 13.6. The number of methoxy groups -OCH3 is 1. The van der Waals surface area contributed by atoms with Crippen molar-refractivity contribution in [3.05, 3.63) is 23.8 Å². The van der Waals surface area contributed by atoms with Crippen LogP contribution in [-0.2, 0) is 6.61 Å². The Labute approximate surface area is 106 Å². The number of nitrogens with two attached hydrogens (primary N) is 1. The number of rotatable bonds is 2. The number of aromatic nitrogens is 4. The summed E-state index contributed by atoms with van der Waals surface area (Å²) in [5, 5.41) is 13.4. The molecule has 8 heteroatoms. The number of fused-ring (bicyclic) bond motifs is 3. The highest BCUT2D eigenvalue weighted by atomic mass is 19.1. The average molecular weight is 263 g/mol. The second-order valence-electron chi connectivity index (χ2n) is 3.90. The fourth-order valence-corrected chi connectivity index (χ4v) is 1.93. The summed E-state index contributed by atoms with van der Waals surface area (Å²) in [5.41, 5.74) is 6.49. The molecule has 0 bridgehead atoms. The first-order valence-electron chi connectivity index (χ1n) is 5.43. The predicted molar refractivity (Wildman–Crippen MR) is 65.1 cm³/mol. The standard InChI is InChI=1S/C11H10FN5O2/c1-19-7-3-5(12)2-6-9(7)15-11(13)17-10(6)14-8(4-18)16-17/h2-3,18H,4H2,1H3,(H2,13,15). The highest BCUT2D eigenvalue weighted by molar-refractivity contribution is 5.95. The summed E-state index contributed by atoms with van der Waals surface area (Å²) in [6.45, 7) is -0.338. The van der Waals surface area contributed by atoms with Gasteiger partial charge in [-0.1, -0.05) is 0 Å². The molecule has 0 saturated heterocycles. The Morgan fingerprint density at radius 2 is 2.21 bits per heavy atom. The van der Waals surface area contributed by atoms with Crippen molar-refractivity contribution in [1.29, 1.82) is 0 Å². The highest BCUT2D eigenvalue weighted by Crippen LogP contribution is 2.28. The van der Waals surface area contributed by atoms with E-state index in [2.05, 4.69) is 15.1 Å². The quantitative estimate of drug-likeness (QED) is 0.698. The van der Waals surface area contributed by atoms with Crippen molar-refractivity contribution in [2.75, 3.05) is 12.8 Å². The van der Waals surface area contributed by atoms with Crippen molar-refractivity contribution in [1.82, 2.24) is 19.6 Å². The van der Waals surface area contributed by atoms with Gasteiger partial charge in [0.2, 0.25) is 5.95 Å². The van der Waals surface area contributed by atoms with Crippen molar-refractivity contribution >= 4 is 22.5 Å². The largest absolute Gasteiger partial charge is 0.494 e. The first-order chi connectivity index (χ1) is 9.13. The van der Waals surface area contributed by atoms with Crippen LogP contribution in [0.2, 0.25) is 0 Å². The van der Waals surface area contributed by atoms with Gasteiger partial charge in [-0.3, -0.25) is 0 Å². The Hall–Kier alpha value is -2.48. The molecule has 3 aromatic rings. The van der Waals surface area contributed by atoms with E-state index in [9.17, 15) is 4.39 Å². The minimum absolute atomic E-state index is 0.0830. The normalized spacial score (nSPS) is 11.3. The van der Waals surface area contributed by atoms with Gasteiger partial charge in [0.1, 0.15) is 23.7 Å². The van der Waals surface area contributed by atoms with Crippen LogP contribution in [0.4, 0.5) is 10.3 Å². The average Bonchev–Trinajstić information content (AvgIpc) is 2.84. The second kappa shape index (κ2) is 4.02. The topological polar surface area (TPSA) is 98.6 Å². The maximum Gasteiger partial charge on any atom is 0.223 e. The lowest BCUT2D eigenvalue weighted by Gasteiger charge is -2.07. The molecule has 1 aromatic carbocycles. The summed E-state index contributed by atoms with van der Waals surface area (Å²) in [6.07, 6.45) is 0. The van der Waals surface area contributed by atoms with Crippen LogP contribution in [0, 0.1) is 5.82 Å². The van der Waals surface area contributed by atoms with Gasteiger partial charge in [-0.2, -0.15) is 4.52 Å². The lowest BCUT2D eigenvalue weighted by atomic mass is 10.2. The minimum atomic E-state index is -0.480. The number of benzene rings is 1. The molecule has 0 amide bonds. The fourth-order valence-electron chi connectivity index (χ4n) is 1.93. The molecule has 19 heavy (non-hydrogen) atoms. The van der Waals surface area contributed by atoms with E-state index in [4.69, 9.17) is 15.6 Å². The van der Waals surface area contributed by atoms with Crippen LogP contribution in [-0.4, -0.2) is 31.8 Å². The van der Waals surface area contributed by atoms with E-state index in [1.807, 2.05) is 0 Å². The van der Waals surface area contributed by atoms with Gasteiger partial charge in [-0.05, 0) is 6.07 Å². The SMILES string of the molecule is COc1cc(F)cc2c1nc(N)n1nc(CO)nc21. The molecule has 0 aliphatic carbocycles. The molecule has 0 unspecified atom stereocenters. The molecule has 98 valence electrons. The van der Waals surface area contributed by atoms with Crippen LogP contribution in [0.1, 0.15) is 5.82 Å². The van der Waals surface area contributed by atoms with Gasteiger partial charge in [-0.15, -0.1) is 5.10 Å². The first kappa shape index (κ1) is 11.6. The van der Waals surface area contributed by atoms with E-state index in [1.165, 1.54) is 23.8 Å². The summed E-state index contributed by atoms with van der Waals surface area (Å²) in [7, 11) is 1.42. The molecule has 2 heterocycles. The third kappa shape index (κ3) is 1.65. The Morgan fingerprint density at radius 3 is 2.89 bits per heavy atom. The van der Waals surface area contributed by atoms with Crippen LogP contribution in [0.15, 0.2) is 12.1 Å². The van der Waals surface area contributed by atoms with Crippen LogP contribution in [0.5, 0.6) is 5.75 Å². The molecular formula is C11H10FN5O2. The minimum Gasteiger partial charge on any atom is -0.494 e. The Kier molecular flexibility index (Phi) is 2.46. The molecule has 0 saturated carbocycles. The van der Waals surface area contributed by atoms with Crippen molar-refractivity contribution in [3.63, 3.8) is 0 Å². The van der Waals surface area contributed by atoms with E-state index >= 15 is 0 Å². The molecule has 0 spiro atoms. The smallest absolute Gasteiger partial charge is 0.223 e. The lowest BCUT2D eigenvalue weighted by molar-refractivity contribution is 0.271. The fraction of sp³-hybridized carbons (Fsp3) is 0.182. The number of nitrogens with zero attached hydrogens (tertiary/aromatic N) is 4. The number of hydrogen-bond donors (Lipinski definition) is 2. The number of nitrogen functional groups attached to an aromatic ring is 1.